The van der Waals surface area contributed by atoms with Crippen LogP contribution in [0.1, 0.15) is 25.7 Å². The Morgan fingerprint density at radius 3 is 2.84 bits per heavy atom. The van der Waals surface area contributed by atoms with E-state index in [0.29, 0.717) is 5.92 Å². The first-order valence-corrected chi connectivity index (χ1v) is 7.75. The van der Waals surface area contributed by atoms with Gasteiger partial charge < -0.3 is 10.3 Å². The lowest BCUT2D eigenvalue weighted by Crippen LogP contribution is -2.31. The van der Waals surface area contributed by atoms with Crippen LogP contribution in [0.25, 0.3) is 0 Å². The van der Waals surface area contributed by atoms with Crippen LogP contribution in [-0.4, -0.2) is 30.9 Å². The van der Waals surface area contributed by atoms with E-state index in [1.807, 2.05) is 0 Å². The number of aromatic nitrogens is 1. The number of hydrogen-bond acceptors (Lipinski definition) is 2. The van der Waals surface area contributed by atoms with E-state index in [1.165, 1.54) is 51.9 Å². The Bertz CT molecular complexity index is 367. The summed E-state index contributed by atoms with van der Waals surface area (Å²) in [5.74, 6) is 2.31. The minimum Gasteiger partial charge on any atom is -0.316 e. The second-order valence-electron chi connectivity index (χ2n) is 6.22. The van der Waals surface area contributed by atoms with Gasteiger partial charge in [-0.3, -0.25) is 4.68 Å². The van der Waals surface area contributed by atoms with E-state index in [1.54, 1.807) is 0 Å². The van der Waals surface area contributed by atoms with Gasteiger partial charge in [-0.15, -0.1) is 0 Å². The molecule has 3 nitrogen and oxygen atoms in total. The van der Waals surface area contributed by atoms with Crippen LogP contribution in [0.4, 0.5) is 0 Å². The highest BCUT2D eigenvalue weighted by atomic mass is 15.5. The molecule has 1 aromatic rings. The number of hydrogen-bond donors (Lipinski definition) is 1. The molecule has 2 aliphatic heterocycles. The van der Waals surface area contributed by atoms with E-state index in [0.717, 1.165) is 11.8 Å². The molecule has 1 N–H and O–H groups in total. The SMILES string of the molecule is [CH2]C(CCC1CCNC1)C1CCN(n2cccc2)C1. The summed E-state index contributed by atoms with van der Waals surface area (Å²) < 4.78 is 2.23. The van der Waals surface area contributed by atoms with E-state index < -0.39 is 0 Å². The number of nitrogens with zero attached hydrogens (tertiary/aromatic N) is 2. The fourth-order valence-electron chi connectivity index (χ4n) is 3.52. The molecule has 3 heteroatoms. The Kier molecular flexibility index (Phi) is 4.12. The lowest BCUT2D eigenvalue weighted by atomic mass is 9.86. The normalized spacial score (nSPS) is 29.0. The standard InChI is InChI=1S/C16H26N3/c1-14(4-5-15-6-8-17-12-15)16-7-11-19(13-16)18-9-2-3-10-18/h2-3,9-10,14-17H,1,4-8,11-13H2. The highest BCUT2D eigenvalue weighted by molar-refractivity contribution is 5.02. The number of nitrogens with one attached hydrogen (secondary N) is 1. The van der Waals surface area contributed by atoms with Crippen molar-refractivity contribution in [3.05, 3.63) is 31.5 Å². The first kappa shape index (κ1) is 13.0. The lowest BCUT2D eigenvalue weighted by Gasteiger charge is -2.23. The van der Waals surface area contributed by atoms with E-state index in [2.05, 4.69) is 46.5 Å². The highest BCUT2D eigenvalue weighted by Gasteiger charge is 2.27. The highest BCUT2D eigenvalue weighted by Crippen LogP contribution is 2.28. The van der Waals surface area contributed by atoms with Crippen LogP contribution in [0.2, 0.25) is 0 Å². The summed E-state index contributed by atoms with van der Waals surface area (Å²) in [7, 11) is 0. The molecule has 0 bridgehead atoms. The van der Waals surface area contributed by atoms with Gasteiger partial charge in [0.1, 0.15) is 0 Å². The van der Waals surface area contributed by atoms with E-state index in [9.17, 15) is 0 Å². The first-order valence-electron chi connectivity index (χ1n) is 7.75. The predicted molar refractivity (Wildman–Crippen MR) is 79.5 cm³/mol. The fraction of sp³-hybridized carbons (Fsp3) is 0.688. The van der Waals surface area contributed by atoms with Gasteiger partial charge in [-0.25, -0.2) is 0 Å². The molecule has 1 radical (unpaired) electrons. The topological polar surface area (TPSA) is 20.2 Å². The van der Waals surface area contributed by atoms with Gasteiger partial charge in [0, 0.05) is 25.5 Å². The molecule has 1 aromatic heterocycles. The molecule has 0 spiro atoms. The van der Waals surface area contributed by atoms with E-state index in [4.69, 9.17) is 0 Å². The molecule has 2 aliphatic rings. The molecular weight excluding hydrogens is 234 g/mol. The zero-order valence-corrected chi connectivity index (χ0v) is 11.8. The second kappa shape index (κ2) is 6.00. The average molecular weight is 260 g/mol. The Hall–Kier alpha value is -0.960. The third kappa shape index (κ3) is 3.14. The molecule has 0 amide bonds. The van der Waals surface area contributed by atoms with Gasteiger partial charge in [0.2, 0.25) is 0 Å². The maximum atomic E-state index is 4.44. The van der Waals surface area contributed by atoms with Crippen molar-refractivity contribution in [2.45, 2.75) is 25.7 Å². The Balaban J connectivity index is 1.44. The molecule has 105 valence electrons. The van der Waals surface area contributed by atoms with Gasteiger partial charge in [0.25, 0.3) is 0 Å². The Labute approximate surface area is 116 Å². The molecular formula is C16H26N3. The van der Waals surface area contributed by atoms with Crippen molar-refractivity contribution < 1.29 is 0 Å². The van der Waals surface area contributed by atoms with Crippen molar-refractivity contribution in [3.8, 4) is 0 Å². The van der Waals surface area contributed by atoms with Gasteiger partial charge in [0.05, 0.1) is 0 Å². The minimum absolute atomic E-state index is 0.626. The van der Waals surface area contributed by atoms with E-state index >= 15 is 0 Å². The predicted octanol–water partition coefficient (Wildman–Crippen LogP) is 2.29. The quantitative estimate of drug-likeness (QED) is 0.876. The van der Waals surface area contributed by atoms with Crippen molar-refractivity contribution in [1.82, 2.24) is 9.99 Å². The van der Waals surface area contributed by atoms with Crippen LogP contribution >= 0.6 is 0 Å². The lowest BCUT2D eigenvalue weighted by molar-refractivity contribution is 0.359. The van der Waals surface area contributed by atoms with Crippen molar-refractivity contribution >= 4 is 0 Å². The summed E-state index contributed by atoms with van der Waals surface area (Å²) in [6.45, 7) is 9.24. The van der Waals surface area contributed by atoms with Crippen LogP contribution in [-0.2, 0) is 0 Å². The Morgan fingerprint density at radius 1 is 1.26 bits per heavy atom. The summed E-state index contributed by atoms with van der Waals surface area (Å²) >= 11 is 0. The molecule has 0 saturated carbocycles. The minimum atomic E-state index is 0.626. The van der Waals surface area contributed by atoms with Gasteiger partial charge in [0.15, 0.2) is 0 Å². The summed E-state index contributed by atoms with van der Waals surface area (Å²) in [4.78, 5) is 0. The van der Waals surface area contributed by atoms with Crippen molar-refractivity contribution in [1.29, 1.82) is 0 Å². The number of rotatable bonds is 5. The molecule has 0 aliphatic carbocycles. The molecule has 19 heavy (non-hydrogen) atoms. The van der Waals surface area contributed by atoms with Crippen molar-refractivity contribution in [3.63, 3.8) is 0 Å². The largest absolute Gasteiger partial charge is 0.316 e. The van der Waals surface area contributed by atoms with Crippen LogP contribution < -0.4 is 10.3 Å². The molecule has 2 saturated heterocycles. The maximum absolute atomic E-state index is 4.44. The van der Waals surface area contributed by atoms with Gasteiger partial charge >= 0.3 is 0 Å². The first-order chi connectivity index (χ1) is 9.33. The van der Waals surface area contributed by atoms with E-state index in [-0.39, 0.29) is 0 Å². The summed E-state index contributed by atoms with van der Waals surface area (Å²) in [5.41, 5.74) is 0. The monoisotopic (exact) mass is 260 g/mol. The van der Waals surface area contributed by atoms with Gasteiger partial charge in [-0.2, -0.15) is 0 Å². The molecule has 3 heterocycles. The van der Waals surface area contributed by atoms with Gasteiger partial charge in [-0.05, 0) is 75.6 Å². The molecule has 3 rings (SSSR count). The van der Waals surface area contributed by atoms with Crippen molar-refractivity contribution in [2.75, 3.05) is 31.2 Å². The van der Waals surface area contributed by atoms with Crippen LogP contribution in [0.5, 0.6) is 0 Å². The second-order valence-corrected chi connectivity index (χ2v) is 6.22. The zero-order valence-electron chi connectivity index (χ0n) is 11.8. The molecule has 0 aromatic carbocycles. The molecule has 3 unspecified atom stereocenters. The summed E-state index contributed by atoms with van der Waals surface area (Å²) in [6.07, 6.45) is 9.62. The average Bonchev–Trinajstić information content (AvgIpc) is 3.14. The maximum Gasteiger partial charge on any atom is 0.0375 e. The third-order valence-corrected chi connectivity index (χ3v) is 4.89. The molecule has 2 fully saturated rings. The summed E-state index contributed by atoms with van der Waals surface area (Å²) in [6, 6.07) is 4.20. The summed E-state index contributed by atoms with van der Waals surface area (Å²) in [5, 5.41) is 5.90. The fourth-order valence-corrected chi connectivity index (χ4v) is 3.52. The van der Waals surface area contributed by atoms with Crippen LogP contribution in [0.15, 0.2) is 24.5 Å². The Morgan fingerprint density at radius 2 is 2.11 bits per heavy atom. The van der Waals surface area contributed by atoms with Crippen LogP contribution in [0.3, 0.4) is 0 Å². The smallest absolute Gasteiger partial charge is 0.0375 e. The zero-order chi connectivity index (χ0) is 13.1. The van der Waals surface area contributed by atoms with Gasteiger partial charge in [-0.1, -0.05) is 0 Å². The third-order valence-electron chi connectivity index (χ3n) is 4.89. The molecule has 3 atom stereocenters. The van der Waals surface area contributed by atoms with Crippen molar-refractivity contribution in [2.24, 2.45) is 17.8 Å². The van der Waals surface area contributed by atoms with Crippen LogP contribution in [0, 0.1) is 24.7 Å².